The first-order valence-corrected chi connectivity index (χ1v) is 8.70. The molecular formula is C21H20N4O. The van der Waals surface area contributed by atoms with Gasteiger partial charge in [-0.3, -0.25) is 9.48 Å². The van der Waals surface area contributed by atoms with Gasteiger partial charge in [0, 0.05) is 23.2 Å². The van der Waals surface area contributed by atoms with Gasteiger partial charge in [0.15, 0.2) is 0 Å². The summed E-state index contributed by atoms with van der Waals surface area (Å²) < 4.78 is 1.85. The number of rotatable bonds is 4. The van der Waals surface area contributed by atoms with Crippen LogP contribution in [0.4, 0.5) is 0 Å². The molecule has 1 N–H and O–H groups in total. The SMILES string of the molecule is Cc1cc(C)n(CCC(=O)NN=C2c3ccccc3-c3ccccc32)n1. The molecule has 1 aromatic heterocycles. The second-order valence-electron chi connectivity index (χ2n) is 6.49. The number of amides is 1. The number of aryl methyl sites for hydroxylation is 3. The van der Waals surface area contributed by atoms with E-state index < -0.39 is 0 Å². The average molecular weight is 344 g/mol. The van der Waals surface area contributed by atoms with Gasteiger partial charge in [0.25, 0.3) is 0 Å². The average Bonchev–Trinajstić information content (AvgIpc) is 3.14. The van der Waals surface area contributed by atoms with Crippen molar-refractivity contribution in [1.82, 2.24) is 15.2 Å². The first-order chi connectivity index (χ1) is 12.6. The lowest BCUT2D eigenvalue weighted by Crippen LogP contribution is -2.21. The van der Waals surface area contributed by atoms with E-state index in [1.807, 2.05) is 61.0 Å². The van der Waals surface area contributed by atoms with Crippen LogP contribution >= 0.6 is 0 Å². The summed E-state index contributed by atoms with van der Waals surface area (Å²) >= 11 is 0. The molecule has 26 heavy (non-hydrogen) atoms. The Balaban J connectivity index is 1.51. The van der Waals surface area contributed by atoms with Crippen molar-refractivity contribution in [3.63, 3.8) is 0 Å². The normalized spacial score (nSPS) is 11.8. The standard InChI is InChI=1S/C21H20N4O/c1-14-13-15(2)25(24-14)12-11-20(26)22-23-21-18-9-5-3-7-16(18)17-8-4-6-10-19(17)21/h3-10,13H,11-12H2,1-2H3,(H,22,26). The zero-order valence-corrected chi connectivity index (χ0v) is 14.9. The third-order valence-corrected chi connectivity index (χ3v) is 4.60. The number of nitrogens with zero attached hydrogens (tertiary/aromatic N) is 3. The molecule has 3 aromatic rings. The van der Waals surface area contributed by atoms with Crippen molar-refractivity contribution in [2.24, 2.45) is 5.10 Å². The predicted molar refractivity (Wildman–Crippen MR) is 102 cm³/mol. The van der Waals surface area contributed by atoms with Gasteiger partial charge >= 0.3 is 0 Å². The molecule has 0 fully saturated rings. The van der Waals surface area contributed by atoms with Crippen molar-refractivity contribution < 1.29 is 4.79 Å². The van der Waals surface area contributed by atoms with Crippen LogP contribution in [0.3, 0.4) is 0 Å². The molecule has 4 rings (SSSR count). The van der Waals surface area contributed by atoms with Gasteiger partial charge in [0.2, 0.25) is 5.91 Å². The van der Waals surface area contributed by atoms with Gasteiger partial charge in [-0.15, -0.1) is 0 Å². The number of fused-ring (bicyclic) bond motifs is 3. The zero-order chi connectivity index (χ0) is 18.1. The summed E-state index contributed by atoms with van der Waals surface area (Å²) in [5, 5.41) is 8.81. The zero-order valence-electron chi connectivity index (χ0n) is 14.9. The van der Waals surface area contributed by atoms with Gasteiger partial charge in [-0.05, 0) is 31.0 Å². The largest absolute Gasteiger partial charge is 0.273 e. The van der Waals surface area contributed by atoms with Crippen LogP contribution in [0.15, 0.2) is 59.7 Å². The highest BCUT2D eigenvalue weighted by molar-refractivity contribution is 6.24. The van der Waals surface area contributed by atoms with Gasteiger partial charge in [-0.2, -0.15) is 10.2 Å². The molecule has 1 heterocycles. The second kappa shape index (κ2) is 6.59. The first kappa shape index (κ1) is 16.3. The number of carbonyl (C=O) groups excluding carboxylic acids is 1. The van der Waals surface area contributed by atoms with E-state index in [0.29, 0.717) is 13.0 Å². The van der Waals surface area contributed by atoms with Crippen molar-refractivity contribution in [3.05, 3.63) is 77.1 Å². The molecule has 5 nitrogen and oxygen atoms in total. The van der Waals surface area contributed by atoms with Crippen molar-refractivity contribution in [2.75, 3.05) is 0 Å². The van der Waals surface area contributed by atoms with Gasteiger partial charge in [-0.25, -0.2) is 5.43 Å². The molecule has 0 unspecified atom stereocenters. The van der Waals surface area contributed by atoms with E-state index in [0.717, 1.165) is 39.4 Å². The molecule has 0 atom stereocenters. The van der Waals surface area contributed by atoms with Crippen LogP contribution in [0, 0.1) is 13.8 Å². The quantitative estimate of drug-likeness (QED) is 0.577. The maximum Gasteiger partial charge on any atom is 0.241 e. The molecule has 0 aliphatic heterocycles. The monoisotopic (exact) mass is 344 g/mol. The number of benzene rings is 2. The minimum Gasteiger partial charge on any atom is -0.273 e. The fraction of sp³-hybridized carbons (Fsp3) is 0.190. The van der Waals surface area contributed by atoms with E-state index in [1.54, 1.807) is 0 Å². The van der Waals surface area contributed by atoms with E-state index in [4.69, 9.17) is 0 Å². The van der Waals surface area contributed by atoms with Gasteiger partial charge in [-0.1, -0.05) is 48.5 Å². The van der Waals surface area contributed by atoms with E-state index in [2.05, 4.69) is 27.8 Å². The van der Waals surface area contributed by atoms with Gasteiger partial charge in [0.05, 0.1) is 18.0 Å². The van der Waals surface area contributed by atoms with Crippen LogP contribution in [-0.4, -0.2) is 21.4 Å². The summed E-state index contributed by atoms with van der Waals surface area (Å²) in [6.07, 6.45) is 0.335. The predicted octanol–water partition coefficient (Wildman–Crippen LogP) is 3.44. The number of hydrazone groups is 1. The number of hydrogen-bond donors (Lipinski definition) is 1. The Bertz CT molecular complexity index is 969. The number of hydrogen-bond acceptors (Lipinski definition) is 3. The summed E-state index contributed by atoms with van der Waals surface area (Å²) in [6, 6.07) is 18.3. The Labute approximate surface area is 152 Å². The van der Waals surface area contributed by atoms with Gasteiger partial charge < -0.3 is 0 Å². The molecule has 0 saturated carbocycles. The minimum absolute atomic E-state index is 0.119. The summed E-state index contributed by atoms with van der Waals surface area (Å²) in [5.74, 6) is -0.119. The highest BCUT2D eigenvalue weighted by Gasteiger charge is 2.24. The topological polar surface area (TPSA) is 59.3 Å². The van der Waals surface area contributed by atoms with Crippen molar-refractivity contribution in [3.8, 4) is 11.1 Å². The minimum atomic E-state index is -0.119. The van der Waals surface area contributed by atoms with Crippen molar-refractivity contribution in [2.45, 2.75) is 26.8 Å². The molecule has 2 aromatic carbocycles. The number of carbonyl (C=O) groups is 1. The fourth-order valence-electron chi connectivity index (χ4n) is 3.40. The molecule has 1 aliphatic rings. The third-order valence-electron chi connectivity index (χ3n) is 4.60. The van der Waals surface area contributed by atoms with E-state index in [-0.39, 0.29) is 5.91 Å². The molecule has 1 amide bonds. The Kier molecular flexibility index (Phi) is 4.13. The van der Waals surface area contributed by atoms with Crippen LogP contribution in [0.2, 0.25) is 0 Å². The highest BCUT2D eigenvalue weighted by Crippen LogP contribution is 2.36. The summed E-state index contributed by atoms with van der Waals surface area (Å²) in [5.41, 5.74) is 9.94. The lowest BCUT2D eigenvalue weighted by atomic mass is 10.1. The smallest absolute Gasteiger partial charge is 0.241 e. The molecule has 0 saturated heterocycles. The lowest BCUT2D eigenvalue weighted by Gasteiger charge is -2.05. The number of aromatic nitrogens is 2. The van der Waals surface area contributed by atoms with E-state index >= 15 is 0 Å². The Morgan fingerprint density at radius 3 is 2.12 bits per heavy atom. The first-order valence-electron chi connectivity index (χ1n) is 8.70. The molecule has 130 valence electrons. The summed E-state index contributed by atoms with van der Waals surface area (Å²) in [4.78, 5) is 12.3. The summed E-state index contributed by atoms with van der Waals surface area (Å²) in [7, 11) is 0. The van der Waals surface area contributed by atoms with E-state index in [1.165, 1.54) is 0 Å². The second-order valence-corrected chi connectivity index (χ2v) is 6.49. The van der Waals surface area contributed by atoms with Gasteiger partial charge in [0.1, 0.15) is 0 Å². The molecule has 5 heteroatoms. The van der Waals surface area contributed by atoms with Crippen molar-refractivity contribution in [1.29, 1.82) is 0 Å². The van der Waals surface area contributed by atoms with Crippen LogP contribution in [0.5, 0.6) is 0 Å². The van der Waals surface area contributed by atoms with E-state index in [9.17, 15) is 4.79 Å². The Hall–Kier alpha value is -3.21. The summed E-state index contributed by atoms with van der Waals surface area (Å²) in [6.45, 7) is 4.48. The Morgan fingerprint density at radius 2 is 1.58 bits per heavy atom. The molecule has 0 spiro atoms. The maximum atomic E-state index is 12.3. The van der Waals surface area contributed by atoms with Crippen LogP contribution in [0.25, 0.3) is 11.1 Å². The molecule has 0 radical (unpaired) electrons. The lowest BCUT2D eigenvalue weighted by molar-refractivity contribution is -0.121. The fourth-order valence-corrected chi connectivity index (χ4v) is 3.40. The maximum absolute atomic E-state index is 12.3. The third kappa shape index (κ3) is 2.92. The number of nitrogens with one attached hydrogen (secondary N) is 1. The van der Waals surface area contributed by atoms with Crippen LogP contribution in [0.1, 0.15) is 28.9 Å². The molecule has 0 bridgehead atoms. The Morgan fingerprint density at radius 1 is 1.00 bits per heavy atom. The highest BCUT2D eigenvalue weighted by atomic mass is 16.2. The molecule has 1 aliphatic carbocycles. The molecular weight excluding hydrogens is 324 g/mol. The van der Waals surface area contributed by atoms with Crippen LogP contribution in [-0.2, 0) is 11.3 Å². The van der Waals surface area contributed by atoms with Crippen molar-refractivity contribution >= 4 is 11.6 Å². The van der Waals surface area contributed by atoms with Crippen LogP contribution < -0.4 is 5.43 Å².